The van der Waals surface area contributed by atoms with E-state index in [0.717, 1.165) is 22.7 Å². The van der Waals surface area contributed by atoms with Crippen molar-refractivity contribution in [3.05, 3.63) is 75.5 Å². The minimum Gasteiger partial charge on any atom is -0.395 e. The van der Waals surface area contributed by atoms with Gasteiger partial charge in [0.25, 0.3) is 11.8 Å². The van der Waals surface area contributed by atoms with Crippen LogP contribution < -0.4 is 21.7 Å². The molecule has 0 radical (unpaired) electrons. The molecule has 0 aliphatic rings. The van der Waals surface area contributed by atoms with E-state index in [4.69, 9.17) is 11.5 Å². The zero-order valence-electron chi connectivity index (χ0n) is 20.2. The number of nitrogen functional groups attached to an aromatic ring is 1. The van der Waals surface area contributed by atoms with Gasteiger partial charge in [-0.05, 0) is 87.1 Å². The Bertz CT molecular complexity index is 1260. The van der Waals surface area contributed by atoms with E-state index >= 15 is 0 Å². The van der Waals surface area contributed by atoms with Crippen molar-refractivity contribution in [2.24, 2.45) is 5.73 Å². The molecule has 5 N–H and O–H groups in total. The zero-order valence-corrected chi connectivity index (χ0v) is 21.0. The molecule has 0 aliphatic heterocycles. The van der Waals surface area contributed by atoms with Crippen molar-refractivity contribution in [1.82, 2.24) is 9.69 Å². The van der Waals surface area contributed by atoms with E-state index in [1.165, 1.54) is 29.2 Å². The summed E-state index contributed by atoms with van der Waals surface area (Å²) in [5, 5.41) is 2.91. The summed E-state index contributed by atoms with van der Waals surface area (Å²) in [5.41, 5.74) is 13.0. The van der Waals surface area contributed by atoms with E-state index in [1.807, 2.05) is 40.7 Å². The smallest absolute Gasteiger partial charge is 0.273 e. The Morgan fingerprint density at radius 2 is 1.63 bits per heavy atom. The van der Waals surface area contributed by atoms with Crippen LogP contribution in [-0.4, -0.2) is 27.6 Å². The number of primary amides is 1. The normalized spacial score (nSPS) is 12.2. The number of aryl methyl sites for hydroxylation is 2. The van der Waals surface area contributed by atoms with E-state index in [2.05, 4.69) is 9.69 Å². The molecule has 1 atom stereocenters. The van der Waals surface area contributed by atoms with Crippen LogP contribution in [-0.2, 0) is 4.79 Å². The molecule has 184 valence electrons. The molecule has 0 saturated heterocycles. The topological polar surface area (TPSA) is 131 Å². The Hall–Kier alpha value is -3.79. The Labute approximate surface area is 207 Å². The molecule has 3 rings (SSSR count). The Morgan fingerprint density at radius 3 is 2.11 bits per heavy atom. The van der Waals surface area contributed by atoms with Gasteiger partial charge in [-0.25, -0.2) is 4.39 Å². The second-order valence-corrected chi connectivity index (χ2v) is 10.1. The number of aromatic nitrogens is 1. The minimum atomic E-state index is -1.18. The van der Waals surface area contributed by atoms with Crippen molar-refractivity contribution in [1.29, 1.82) is 0 Å². The minimum absolute atomic E-state index is 0.0337. The lowest BCUT2D eigenvalue weighted by Crippen LogP contribution is -2.49. The first kappa shape index (κ1) is 25.8. The van der Waals surface area contributed by atoms with Crippen molar-refractivity contribution in [3.63, 3.8) is 0 Å². The van der Waals surface area contributed by atoms with Crippen LogP contribution in [0, 0.1) is 19.7 Å². The quantitative estimate of drug-likeness (QED) is 0.476. The number of carbonyl (C=O) groups is 3. The number of rotatable bonds is 6. The highest BCUT2D eigenvalue weighted by molar-refractivity contribution is 7.09. The number of nitrogens with zero attached hydrogens (tertiary/aromatic N) is 2. The first-order valence-electron chi connectivity index (χ1n) is 10.8. The summed E-state index contributed by atoms with van der Waals surface area (Å²) in [6, 6.07) is 9.64. The van der Waals surface area contributed by atoms with Gasteiger partial charge in [0, 0.05) is 11.2 Å². The number of benzene rings is 2. The summed E-state index contributed by atoms with van der Waals surface area (Å²) in [5.74, 6) is -2.46. The SMILES string of the molecule is Cc1cc(C)cc(N(C(=O)c2snc(C(N)=O)c2N)C(C(=O)NC(C)(C)C)c2ccc(F)cc2)c1. The van der Waals surface area contributed by atoms with Crippen LogP contribution >= 0.6 is 11.5 Å². The van der Waals surface area contributed by atoms with Crippen LogP contribution in [0.1, 0.15) is 63.7 Å². The molecule has 0 bridgehead atoms. The highest BCUT2D eigenvalue weighted by Crippen LogP contribution is 2.34. The molecule has 35 heavy (non-hydrogen) atoms. The summed E-state index contributed by atoms with van der Waals surface area (Å²) in [6.45, 7) is 9.18. The molecule has 3 aromatic rings. The van der Waals surface area contributed by atoms with E-state index in [9.17, 15) is 18.8 Å². The van der Waals surface area contributed by atoms with Crippen LogP contribution in [0.4, 0.5) is 15.8 Å². The highest BCUT2D eigenvalue weighted by atomic mass is 32.1. The van der Waals surface area contributed by atoms with Crippen molar-refractivity contribution >= 4 is 40.6 Å². The summed E-state index contributed by atoms with van der Waals surface area (Å²) in [6.07, 6.45) is 0. The van der Waals surface area contributed by atoms with Crippen molar-refractivity contribution in [2.45, 2.75) is 46.2 Å². The Kier molecular flexibility index (Phi) is 7.25. The second-order valence-electron chi connectivity index (χ2n) is 9.35. The third-order valence-electron chi connectivity index (χ3n) is 5.05. The molecule has 1 heterocycles. The van der Waals surface area contributed by atoms with Gasteiger partial charge in [0.1, 0.15) is 16.7 Å². The predicted octanol–water partition coefficient (Wildman–Crippen LogP) is 3.88. The molecular formula is C25H28FN5O3S. The monoisotopic (exact) mass is 497 g/mol. The summed E-state index contributed by atoms with van der Waals surface area (Å²) >= 11 is 0.725. The number of amides is 3. The third kappa shape index (κ3) is 5.83. The lowest BCUT2D eigenvalue weighted by atomic mass is 9.99. The number of carbonyl (C=O) groups excluding carboxylic acids is 3. The van der Waals surface area contributed by atoms with Gasteiger partial charge in [-0.3, -0.25) is 19.3 Å². The molecule has 2 aromatic carbocycles. The van der Waals surface area contributed by atoms with Gasteiger partial charge in [0.05, 0.1) is 5.69 Å². The molecule has 1 unspecified atom stereocenters. The fourth-order valence-corrected chi connectivity index (χ4v) is 4.45. The van der Waals surface area contributed by atoms with Gasteiger partial charge in [-0.2, -0.15) is 4.37 Å². The molecule has 0 spiro atoms. The van der Waals surface area contributed by atoms with Gasteiger partial charge in [-0.15, -0.1) is 0 Å². The van der Waals surface area contributed by atoms with E-state index in [-0.39, 0.29) is 16.3 Å². The maximum Gasteiger partial charge on any atom is 0.273 e. The van der Waals surface area contributed by atoms with Crippen LogP contribution in [0.3, 0.4) is 0 Å². The number of nitrogens with two attached hydrogens (primary N) is 2. The maximum atomic E-state index is 14.0. The molecule has 0 saturated carbocycles. The van der Waals surface area contributed by atoms with Crippen LogP contribution in [0.5, 0.6) is 0 Å². The number of anilines is 2. The maximum absolute atomic E-state index is 14.0. The molecule has 0 aliphatic carbocycles. The number of halogens is 1. The van der Waals surface area contributed by atoms with E-state index in [1.54, 1.807) is 12.1 Å². The fraction of sp³-hybridized carbons (Fsp3) is 0.280. The van der Waals surface area contributed by atoms with E-state index in [0.29, 0.717) is 11.3 Å². The molecule has 1 aromatic heterocycles. The van der Waals surface area contributed by atoms with Gasteiger partial charge in [-0.1, -0.05) is 18.2 Å². The average molecular weight is 498 g/mol. The van der Waals surface area contributed by atoms with Gasteiger partial charge >= 0.3 is 0 Å². The third-order valence-corrected chi connectivity index (χ3v) is 5.90. The average Bonchev–Trinajstić information content (AvgIpc) is 3.12. The largest absolute Gasteiger partial charge is 0.395 e. The summed E-state index contributed by atoms with van der Waals surface area (Å²) < 4.78 is 17.7. The van der Waals surface area contributed by atoms with Crippen molar-refractivity contribution in [3.8, 4) is 0 Å². The first-order chi connectivity index (χ1) is 16.3. The molecular weight excluding hydrogens is 469 g/mol. The van der Waals surface area contributed by atoms with Gasteiger partial charge < -0.3 is 16.8 Å². The lowest BCUT2D eigenvalue weighted by molar-refractivity contribution is -0.123. The lowest BCUT2D eigenvalue weighted by Gasteiger charge is -2.34. The highest BCUT2D eigenvalue weighted by Gasteiger charge is 2.37. The van der Waals surface area contributed by atoms with Crippen LogP contribution in [0.15, 0.2) is 42.5 Å². The van der Waals surface area contributed by atoms with Crippen LogP contribution in [0.2, 0.25) is 0 Å². The first-order valence-corrected chi connectivity index (χ1v) is 11.6. The Morgan fingerprint density at radius 1 is 1.06 bits per heavy atom. The zero-order chi connectivity index (χ0) is 26.1. The van der Waals surface area contributed by atoms with Crippen LogP contribution in [0.25, 0.3) is 0 Å². The van der Waals surface area contributed by atoms with Gasteiger partial charge in [0.15, 0.2) is 5.69 Å². The van der Waals surface area contributed by atoms with E-state index < -0.39 is 35.1 Å². The molecule has 3 amide bonds. The number of hydrogen-bond donors (Lipinski definition) is 3. The van der Waals surface area contributed by atoms with Crippen molar-refractivity contribution < 1.29 is 18.8 Å². The number of hydrogen-bond acceptors (Lipinski definition) is 6. The summed E-state index contributed by atoms with van der Waals surface area (Å²) in [7, 11) is 0. The molecule has 10 heteroatoms. The number of nitrogens with one attached hydrogen (secondary N) is 1. The molecule has 0 fully saturated rings. The second kappa shape index (κ2) is 9.83. The van der Waals surface area contributed by atoms with Crippen molar-refractivity contribution in [2.75, 3.05) is 10.6 Å². The van der Waals surface area contributed by atoms with Gasteiger partial charge in [0.2, 0.25) is 5.91 Å². The molecule has 8 nitrogen and oxygen atoms in total. The fourth-order valence-electron chi connectivity index (χ4n) is 3.71. The standard InChI is InChI=1S/C25H28FN5O3S/c1-13-10-14(2)12-17(11-13)31(24(34)21-18(27)19(22(28)32)30-35-21)20(23(33)29-25(3,4)5)15-6-8-16(26)9-7-15/h6-12,20H,27H2,1-5H3,(H2,28,32)(H,29,33). The Balaban J connectivity index is 2.27. The summed E-state index contributed by atoms with van der Waals surface area (Å²) in [4.78, 5) is 40.6. The predicted molar refractivity (Wildman–Crippen MR) is 135 cm³/mol.